The molecule has 0 atom stereocenters. The highest BCUT2D eigenvalue weighted by Gasteiger charge is 2.04. The van der Waals surface area contributed by atoms with Gasteiger partial charge in [-0.1, -0.05) is 0 Å². The van der Waals surface area contributed by atoms with Gasteiger partial charge in [0.1, 0.15) is 0 Å². The number of aliphatic hydroxyl groups excluding tert-OH is 1. The molecule has 0 aliphatic rings. The Hall–Kier alpha value is -0.160. The van der Waals surface area contributed by atoms with Crippen LogP contribution in [0.3, 0.4) is 0 Å². The van der Waals surface area contributed by atoms with Crippen LogP contribution >= 0.6 is 0 Å². The van der Waals surface area contributed by atoms with Gasteiger partial charge >= 0.3 is 0 Å². The van der Waals surface area contributed by atoms with Gasteiger partial charge in [-0.25, -0.2) is 0 Å². The summed E-state index contributed by atoms with van der Waals surface area (Å²) in [5.41, 5.74) is 0. The second-order valence-electron chi connectivity index (χ2n) is 1.97. The fourth-order valence-corrected chi connectivity index (χ4v) is 0.553. The van der Waals surface area contributed by atoms with E-state index in [9.17, 15) is 0 Å². The van der Waals surface area contributed by atoms with E-state index < -0.39 is 6.48 Å². The Kier molecular flexibility index (Phi) is 16.9. The van der Waals surface area contributed by atoms with Crippen molar-refractivity contribution in [2.75, 3.05) is 26.4 Å². The molecule has 0 aromatic carbocycles. The lowest BCUT2D eigenvalue weighted by Gasteiger charge is -2.15. The smallest absolute Gasteiger partial charge is 0.271 e. The van der Waals surface area contributed by atoms with Gasteiger partial charge in [-0.05, 0) is 27.7 Å². The highest BCUT2D eigenvalue weighted by Crippen LogP contribution is 1.95. The minimum atomic E-state index is -0.472. The van der Waals surface area contributed by atoms with Gasteiger partial charge in [0.15, 0.2) is 0 Å². The SMILES string of the molecule is CCO.CCOC(OCC)OCC. The molecule has 0 rings (SSSR count). The van der Waals surface area contributed by atoms with Gasteiger partial charge in [-0.2, -0.15) is 0 Å². The minimum absolute atomic E-state index is 0.250. The normalized spacial score (nSPS) is 9.69. The molecule has 0 radical (unpaired) electrons. The van der Waals surface area contributed by atoms with Crippen molar-refractivity contribution in [1.29, 1.82) is 0 Å². The Morgan fingerprint density at radius 2 is 1.08 bits per heavy atom. The van der Waals surface area contributed by atoms with Crippen LogP contribution in [0.2, 0.25) is 0 Å². The fourth-order valence-electron chi connectivity index (χ4n) is 0.553. The molecule has 0 fully saturated rings. The zero-order valence-corrected chi connectivity index (χ0v) is 9.08. The van der Waals surface area contributed by atoms with Crippen LogP contribution in [0.4, 0.5) is 0 Å². The third-order valence-corrected chi connectivity index (χ3v) is 0.908. The molecule has 4 heteroatoms. The molecule has 0 aromatic heterocycles. The van der Waals surface area contributed by atoms with Crippen molar-refractivity contribution in [1.82, 2.24) is 0 Å². The van der Waals surface area contributed by atoms with Gasteiger partial charge in [-0.15, -0.1) is 0 Å². The van der Waals surface area contributed by atoms with Crippen LogP contribution in [0.25, 0.3) is 0 Å². The van der Waals surface area contributed by atoms with E-state index in [0.29, 0.717) is 19.8 Å². The molecule has 0 bridgehead atoms. The maximum atomic E-state index is 7.57. The van der Waals surface area contributed by atoms with Gasteiger partial charge in [-0.3, -0.25) is 0 Å². The number of hydrogen-bond acceptors (Lipinski definition) is 4. The number of aliphatic hydroxyl groups is 1. The standard InChI is InChI=1S/C7H16O3.C2H6O/c1-4-8-7(9-5-2)10-6-3;1-2-3/h7H,4-6H2,1-3H3;3H,2H2,1H3. The third kappa shape index (κ3) is 14.7. The first-order chi connectivity index (χ1) is 6.26. The van der Waals surface area contributed by atoms with Gasteiger partial charge in [0.05, 0.1) is 0 Å². The van der Waals surface area contributed by atoms with Crippen molar-refractivity contribution in [2.24, 2.45) is 0 Å². The van der Waals surface area contributed by atoms with Gasteiger partial charge in [0, 0.05) is 26.4 Å². The van der Waals surface area contributed by atoms with Crippen LogP contribution < -0.4 is 0 Å². The van der Waals surface area contributed by atoms with Gasteiger partial charge in [0.25, 0.3) is 6.48 Å². The van der Waals surface area contributed by atoms with Crippen molar-refractivity contribution < 1.29 is 19.3 Å². The maximum Gasteiger partial charge on any atom is 0.271 e. The quantitative estimate of drug-likeness (QED) is 0.649. The molecule has 13 heavy (non-hydrogen) atoms. The third-order valence-electron chi connectivity index (χ3n) is 0.908. The molecular formula is C9H22O4. The average molecular weight is 194 g/mol. The van der Waals surface area contributed by atoms with Gasteiger partial charge in [0.2, 0.25) is 0 Å². The summed E-state index contributed by atoms with van der Waals surface area (Å²) in [7, 11) is 0. The predicted octanol–water partition coefficient (Wildman–Crippen LogP) is 1.38. The summed E-state index contributed by atoms with van der Waals surface area (Å²) in [6, 6.07) is 0. The van der Waals surface area contributed by atoms with Crippen molar-refractivity contribution in [3.8, 4) is 0 Å². The lowest BCUT2D eigenvalue weighted by Crippen LogP contribution is -2.20. The zero-order valence-electron chi connectivity index (χ0n) is 9.08. The molecule has 0 unspecified atom stereocenters. The number of ether oxygens (including phenoxy) is 3. The first-order valence-corrected chi connectivity index (χ1v) is 4.72. The molecule has 0 saturated carbocycles. The molecule has 0 aromatic rings. The van der Waals surface area contributed by atoms with E-state index in [2.05, 4.69) is 0 Å². The molecule has 0 aliphatic heterocycles. The summed E-state index contributed by atoms with van der Waals surface area (Å²) < 4.78 is 15.2. The fraction of sp³-hybridized carbons (Fsp3) is 1.00. The molecule has 0 aliphatic carbocycles. The number of rotatable bonds is 6. The molecule has 0 amide bonds. The van der Waals surface area contributed by atoms with Crippen LogP contribution in [0, 0.1) is 0 Å². The van der Waals surface area contributed by atoms with Crippen molar-refractivity contribution in [2.45, 2.75) is 34.2 Å². The highest BCUT2D eigenvalue weighted by atomic mass is 16.8. The van der Waals surface area contributed by atoms with E-state index in [4.69, 9.17) is 19.3 Å². The summed E-state index contributed by atoms with van der Waals surface area (Å²) in [4.78, 5) is 0. The van der Waals surface area contributed by atoms with E-state index in [-0.39, 0.29) is 6.61 Å². The first kappa shape index (κ1) is 15.3. The van der Waals surface area contributed by atoms with Crippen LogP contribution in [-0.4, -0.2) is 38.0 Å². The Morgan fingerprint density at radius 1 is 0.846 bits per heavy atom. The molecule has 4 nitrogen and oxygen atoms in total. The zero-order chi connectivity index (χ0) is 10.5. The van der Waals surface area contributed by atoms with Crippen LogP contribution in [0.5, 0.6) is 0 Å². The van der Waals surface area contributed by atoms with Crippen LogP contribution in [0.15, 0.2) is 0 Å². The maximum absolute atomic E-state index is 7.57. The summed E-state index contributed by atoms with van der Waals surface area (Å²) >= 11 is 0. The van der Waals surface area contributed by atoms with Crippen molar-refractivity contribution in [3.63, 3.8) is 0 Å². The Bertz CT molecular complexity index is 63.8. The monoisotopic (exact) mass is 194 g/mol. The Balaban J connectivity index is 0. The minimum Gasteiger partial charge on any atom is -0.397 e. The molecule has 0 spiro atoms. The highest BCUT2D eigenvalue weighted by molar-refractivity contribution is 4.23. The first-order valence-electron chi connectivity index (χ1n) is 4.72. The van der Waals surface area contributed by atoms with E-state index in [1.165, 1.54) is 0 Å². The second-order valence-corrected chi connectivity index (χ2v) is 1.97. The second kappa shape index (κ2) is 14.4. The van der Waals surface area contributed by atoms with Crippen LogP contribution in [-0.2, 0) is 14.2 Å². The van der Waals surface area contributed by atoms with E-state index in [1.807, 2.05) is 20.8 Å². The molecule has 1 N–H and O–H groups in total. The molecule has 0 saturated heterocycles. The lowest BCUT2D eigenvalue weighted by atomic mass is 10.8. The van der Waals surface area contributed by atoms with E-state index in [1.54, 1.807) is 6.92 Å². The van der Waals surface area contributed by atoms with Crippen molar-refractivity contribution in [3.05, 3.63) is 0 Å². The average Bonchev–Trinajstić information content (AvgIpc) is 2.07. The molecular weight excluding hydrogens is 172 g/mol. The molecule has 82 valence electrons. The summed E-state index contributed by atoms with van der Waals surface area (Å²) in [6.07, 6.45) is 0. The van der Waals surface area contributed by atoms with Gasteiger partial charge < -0.3 is 19.3 Å². The lowest BCUT2D eigenvalue weighted by molar-refractivity contribution is -0.282. The topological polar surface area (TPSA) is 47.9 Å². The van der Waals surface area contributed by atoms with Crippen LogP contribution in [0.1, 0.15) is 27.7 Å². The largest absolute Gasteiger partial charge is 0.397 e. The Labute approximate surface area is 80.8 Å². The van der Waals surface area contributed by atoms with E-state index >= 15 is 0 Å². The van der Waals surface area contributed by atoms with Crippen molar-refractivity contribution >= 4 is 0 Å². The summed E-state index contributed by atoms with van der Waals surface area (Å²) in [5.74, 6) is 0. The number of hydrogen-bond donors (Lipinski definition) is 1. The predicted molar refractivity (Wildman–Crippen MR) is 51.4 cm³/mol. The Morgan fingerprint density at radius 3 is 1.23 bits per heavy atom. The summed E-state index contributed by atoms with van der Waals surface area (Å²) in [6.45, 7) is 9.03. The summed E-state index contributed by atoms with van der Waals surface area (Å²) in [5, 5.41) is 7.57. The van der Waals surface area contributed by atoms with E-state index in [0.717, 1.165) is 0 Å². The molecule has 0 heterocycles.